The summed E-state index contributed by atoms with van der Waals surface area (Å²) in [4.78, 5) is 41.8. The Hall–Kier alpha value is -3.57. The molecule has 3 aromatic rings. The van der Waals surface area contributed by atoms with Crippen molar-refractivity contribution in [2.75, 3.05) is 24.5 Å². The number of halogens is 1. The Labute approximate surface area is 205 Å². The zero-order chi connectivity index (χ0) is 24.2. The molecule has 2 aliphatic heterocycles. The van der Waals surface area contributed by atoms with Crippen LogP contribution in [0, 0.1) is 11.7 Å². The molecule has 5 heterocycles. The summed E-state index contributed by atoms with van der Waals surface area (Å²) in [7, 11) is 0. The number of amides is 2. The van der Waals surface area contributed by atoms with Crippen LogP contribution in [0.4, 0.5) is 15.1 Å². The van der Waals surface area contributed by atoms with E-state index in [0.29, 0.717) is 34.6 Å². The Morgan fingerprint density at radius 2 is 2.09 bits per heavy atom. The first-order valence-electron chi connectivity index (χ1n) is 11.4. The van der Waals surface area contributed by atoms with E-state index in [0.717, 1.165) is 55.6 Å². The van der Waals surface area contributed by atoms with Crippen LogP contribution in [0.3, 0.4) is 0 Å². The average Bonchev–Trinajstić information content (AvgIpc) is 3.51. The summed E-state index contributed by atoms with van der Waals surface area (Å²) in [5, 5.41) is 5.26. The number of pyridine rings is 1. The molecule has 0 unspecified atom stereocenters. The van der Waals surface area contributed by atoms with Gasteiger partial charge in [0, 0.05) is 37.6 Å². The van der Waals surface area contributed by atoms with Crippen molar-refractivity contribution in [2.24, 2.45) is 5.92 Å². The molecule has 0 radical (unpaired) electrons. The Bertz CT molecular complexity index is 1260. The van der Waals surface area contributed by atoms with Gasteiger partial charge in [-0.1, -0.05) is 0 Å². The maximum atomic E-state index is 14.2. The number of piperidine rings is 1. The first kappa shape index (κ1) is 23.2. The van der Waals surface area contributed by atoms with Gasteiger partial charge in [0.2, 0.25) is 5.95 Å². The molecule has 0 aromatic carbocycles. The van der Waals surface area contributed by atoms with E-state index >= 15 is 0 Å². The summed E-state index contributed by atoms with van der Waals surface area (Å²) < 4.78 is 14.2. The van der Waals surface area contributed by atoms with Gasteiger partial charge in [-0.15, -0.1) is 0 Å². The lowest BCUT2D eigenvalue weighted by molar-refractivity contribution is -0.115. The molecule has 2 amide bonds. The number of nitrogens with one attached hydrogen (secondary N) is 3. The molecule has 2 saturated heterocycles. The molecule has 2 aliphatic rings. The molecule has 180 valence electrons. The first-order chi connectivity index (χ1) is 17.0. The lowest BCUT2D eigenvalue weighted by Gasteiger charge is -2.32. The maximum Gasteiger partial charge on any atom is 0.290 e. The molecule has 0 atom stereocenters. The van der Waals surface area contributed by atoms with E-state index in [-0.39, 0.29) is 11.1 Å². The van der Waals surface area contributed by atoms with Crippen molar-refractivity contribution < 1.29 is 14.0 Å². The number of aromatic nitrogens is 4. The van der Waals surface area contributed by atoms with Crippen molar-refractivity contribution >= 4 is 34.9 Å². The molecule has 0 saturated carbocycles. The Balaban J connectivity index is 1.13. The van der Waals surface area contributed by atoms with E-state index < -0.39 is 5.91 Å². The fraction of sp³-hybridized carbons (Fsp3) is 0.292. The zero-order valence-corrected chi connectivity index (χ0v) is 19.6. The topological polar surface area (TPSA) is 116 Å². The summed E-state index contributed by atoms with van der Waals surface area (Å²) in [6, 6.07) is 7.29. The van der Waals surface area contributed by atoms with Crippen LogP contribution < -0.4 is 15.5 Å². The van der Waals surface area contributed by atoms with E-state index in [4.69, 9.17) is 0 Å². The number of hydrogen-bond acceptors (Lipinski definition) is 8. The maximum absolute atomic E-state index is 14.2. The summed E-state index contributed by atoms with van der Waals surface area (Å²) in [6.07, 6.45) is 8.27. The highest BCUT2D eigenvalue weighted by Crippen LogP contribution is 2.26. The highest BCUT2D eigenvalue weighted by atomic mass is 32.2. The van der Waals surface area contributed by atoms with Gasteiger partial charge >= 0.3 is 0 Å². The number of thioether (sulfide) groups is 1. The minimum absolute atomic E-state index is 0.313. The van der Waals surface area contributed by atoms with Gasteiger partial charge in [0.15, 0.2) is 0 Å². The van der Waals surface area contributed by atoms with Crippen molar-refractivity contribution in [1.82, 2.24) is 30.6 Å². The lowest BCUT2D eigenvalue weighted by atomic mass is 9.97. The molecule has 0 aliphatic carbocycles. The standard InChI is InChI=1S/C24H24FN7O2S/c25-18-14-29-20(19-2-1-6-27-19)10-16(18)13-26-12-15-4-8-32(9-5-15)23-28-7-3-17(30-23)11-21-22(33)31-24(34)35-21/h1-3,6-7,10-11,14-15,26-27H,4-5,8-9,12-13H2,(H,31,33,34)/b21-11-. The van der Waals surface area contributed by atoms with E-state index in [9.17, 15) is 14.0 Å². The van der Waals surface area contributed by atoms with Crippen molar-refractivity contribution in [1.29, 1.82) is 0 Å². The zero-order valence-electron chi connectivity index (χ0n) is 18.8. The smallest absolute Gasteiger partial charge is 0.290 e. The van der Waals surface area contributed by atoms with Crippen LogP contribution in [0.15, 0.2) is 47.8 Å². The second-order valence-electron chi connectivity index (χ2n) is 8.44. The second kappa shape index (κ2) is 10.4. The van der Waals surface area contributed by atoms with Crippen LogP contribution in [0.5, 0.6) is 0 Å². The van der Waals surface area contributed by atoms with Crippen LogP contribution >= 0.6 is 11.8 Å². The second-order valence-corrected chi connectivity index (χ2v) is 9.45. The van der Waals surface area contributed by atoms with Crippen LogP contribution in [-0.4, -0.2) is 50.7 Å². The third-order valence-electron chi connectivity index (χ3n) is 6.04. The molecule has 3 aromatic heterocycles. The number of aromatic amines is 1. The average molecular weight is 494 g/mol. The monoisotopic (exact) mass is 493 g/mol. The molecule has 0 spiro atoms. The van der Waals surface area contributed by atoms with Crippen LogP contribution in [0.25, 0.3) is 17.5 Å². The highest BCUT2D eigenvalue weighted by molar-refractivity contribution is 8.18. The Morgan fingerprint density at radius 1 is 1.23 bits per heavy atom. The summed E-state index contributed by atoms with van der Waals surface area (Å²) in [5.41, 5.74) is 2.76. The van der Waals surface area contributed by atoms with Crippen LogP contribution in [0.1, 0.15) is 24.1 Å². The number of anilines is 1. The van der Waals surface area contributed by atoms with Crippen molar-refractivity contribution in [2.45, 2.75) is 19.4 Å². The fourth-order valence-electron chi connectivity index (χ4n) is 4.15. The molecule has 35 heavy (non-hydrogen) atoms. The SMILES string of the molecule is O=C1NC(=O)/C(=C/c2ccnc(N3CCC(CNCc4cc(-c5ccc[nH]5)ncc4F)CC3)n2)S1. The van der Waals surface area contributed by atoms with Gasteiger partial charge < -0.3 is 15.2 Å². The highest BCUT2D eigenvalue weighted by Gasteiger charge is 2.26. The van der Waals surface area contributed by atoms with Gasteiger partial charge in [-0.3, -0.25) is 19.9 Å². The predicted octanol–water partition coefficient (Wildman–Crippen LogP) is 3.34. The predicted molar refractivity (Wildman–Crippen MR) is 132 cm³/mol. The van der Waals surface area contributed by atoms with Gasteiger partial charge in [-0.25, -0.2) is 14.4 Å². The summed E-state index contributed by atoms with van der Waals surface area (Å²) in [6.45, 7) is 2.85. The van der Waals surface area contributed by atoms with Gasteiger partial charge in [-0.05, 0) is 67.4 Å². The first-order valence-corrected chi connectivity index (χ1v) is 12.2. The number of rotatable bonds is 7. The third-order valence-corrected chi connectivity index (χ3v) is 6.85. The number of hydrogen-bond donors (Lipinski definition) is 3. The molecular formula is C24H24FN7O2S. The largest absolute Gasteiger partial charge is 0.360 e. The quantitative estimate of drug-likeness (QED) is 0.429. The van der Waals surface area contributed by atoms with E-state index in [2.05, 4.69) is 35.5 Å². The molecular weight excluding hydrogens is 469 g/mol. The molecule has 11 heteroatoms. The number of nitrogens with zero attached hydrogens (tertiary/aromatic N) is 4. The summed E-state index contributed by atoms with van der Waals surface area (Å²) >= 11 is 0.869. The summed E-state index contributed by atoms with van der Waals surface area (Å²) in [5.74, 6) is 0.359. The van der Waals surface area contributed by atoms with Crippen molar-refractivity contribution in [3.05, 3.63) is 64.8 Å². The number of carbonyl (C=O) groups excluding carboxylic acids is 2. The fourth-order valence-corrected chi connectivity index (χ4v) is 4.82. The van der Waals surface area contributed by atoms with Crippen molar-refractivity contribution in [3.63, 3.8) is 0 Å². The number of imide groups is 1. The van der Waals surface area contributed by atoms with Gasteiger partial charge in [-0.2, -0.15) is 0 Å². The van der Waals surface area contributed by atoms with E-state index in [1.165, 1.54) is 6.20 Å². The number of H-pyrrole nitrogens is 1. The molecule has 9 nitrogen and oxygen atoms in total. The molecule has 5 rings (SSSR count). The van der Waals surface area contributed by atoms with Crippen molar-refractivity contribution in [3.8, 4) is 11.4 Å². The van der Waals surface area contributed by atoms with Crippen LogP contribution in [0.2, 0.25) is 0 Å². The van der Waals surface area contributed by atoms with Gasteiger partial charge in [0.1, 0.15) is 5.82 Å². The Kier molecular flexibility index (Phi) is 6.87. The molecule has 2 fully saturated rings. The minimum atomic E-state index is -0.402. The third kappa shape index (κ3) is 5.57. The molecule has 0 bridgehead atoms. The lowest BCUT2D eigenvalue weighted by Crippen LogP contribution is -2.38. The minimum Gasteiger partial charge on any atom is -0.360 e. The van der Waals surface area contributed by atoms with Crippen LogP contribution in [-0.2, 0) is 11.3 Å². The Morgan fingerprint density at radius 3 is 2.83 bits per heavy atom. The molecule has 3 N–H and O–H groups in total. The normalized spacial score (nSPS) is 17.9. The van der Waals surface area contributed by atoms with E-state index in [1.807, 2.05) is 18.3 Å². The number of carbonyl (C=O) groups is 2. The van der Waals surface area contributed by atoms with E-state index in [1.54, 1.807) is 24.4 Å². The van der Waals surface area contributed by atoms with Gasteiger partial charge in [0.25, 0.3) is 11.1 Å². The van der Waals surface area contributed by atoms with Gasteiger partial charge in [0.05, 0.1) is 28.2 Å².